The van der Waals surface area contributed by atoms with Gasteiger partial charge in [-0.2, -0.15) is 0 Å². The van der Waals surface area contributed by atoms with Gasteiger partial charge in [0.25, 0.3) is 0 Å². The first-order chi connectivity index (χ1) is 13.6. The van der Waals surface area contributed by atoms with Gasteiger partial charge in [0, 0.05) is 12.2 Å². The maximum Gasteiger partial charge on any atom is 0.512 e. The fourth-order valence-corrected chi connectivity index (χ4v) is 3.80. The highest BCUT2D eigenvalue weighted by Gasteiger charge is 2.30. The molecule has 1 unspecified atom stereocenters. The number of rotatable bonds is 8. The van der Waals surface area contributed by atoms with Crippen molar-refractivity contribution >= 4 is 11.8 Å². The number of ether oxygens (including phenoxy) is 1. The van der Waals surface area contributed by atoms with E-state index in [0.29, 0.717) is 12.3 Å². The summed E-state index contributed by atoms with van der Waals surface area (Å²) in [5.74, 6) is 0.389. The molecule has 2 aromatic rings. The normalized spacial score (nSPS) is 14.4. The lowest BCUT2D eigenvalue weighted by atomic mass is 9.97. The zero-order valence-corrected chi connectivity index (χ0v) is 16.5. The van der Waals surface area contributed by atoms with Crippen molar-refractivity contribution in [3.63, 3.8) is 0 Å². The fraction of sp³-hybridized carbons (Fsp3) is 0.348. The van der Waals surface area contributed by atoms with Crippen molar-refractivity contribution in [3.05, 3.63) is 77.7 Å². The first kappa shape index (κ1) is 20.0. The van der Waals surface area contributed by atoms with Crippen molar-refractivity contribution in [2.24, 2.45) is 0 Å². The number of carboxylic acid groups (broad SMARTS) is 1. The molecule has 0 saturated carbocycles. The van der Waals surface area contributed by atoms with E-state index in [1.54, 1.807) is 0 Å². The number of para-hydroxylation sites is 1. The summed E-state index contributed by atoms with van der Waals surface area (Å²) in [5.41, 5.74) is 3.32. The van der Waals surface area contributed by atoms with Gasteiger partial charge >= 0.3 is 6.16 Å². The predicted octanol–water partition coefficient (Wildman–Crippen LogP) is 5.06. The zero-order chi connectivity index (χ0) is 19.9. The predicted molar refractivity (Wildman–Crippen MR) is 111 cm³/mol. The van der Waals surface area contributed by atoms with Gasteiger partial charge in [0.1, 0.15) is 0 Å². The van der Waals surface area contributed by atoms with Crippen molar-refractivity contribution in [1.82, 2.24) is 4.90 Å². The molecule has 1 atom stereocenters. The van der Waals surface area contributed by atoms with Gasteiger partial charge in [-0.25, -0.2) is 4.79 Å². The molecule has 3 rings (SSSR count). The highest BCUT2D eigenvalue weighted by atomic mass is 16.7. The van der Waals surface area contributed by atoms with Crippen molar-refractivity contribution in [3.8, 4) is 0 Å². The second kappa shape index (κ2) is 9.42. The fourth-order valence-electron chi connectivity index (χ4n) is 3.80. The molecule has 5 nitrogen and oxygen atoms in total. The third-order valence-corrected chi connectivity index (χ3v) is 5.29. The number of anilines is 1. The Morgan fingerprint density at radius 2 is 1.79 bits per heavy atom. The van der Waals surface area contributed by atoms with Crippen LogP contribution in [0.2, 0.25) is 0 Å². The molecule has 0 aliphatic carbocycles. The van der Waals surface area contributed by atoms with Gasteiger partial charge in [0.05, 0.1) is 6.04 Å². The van der Waals surface area contributed by atoms with Gasteiger partial charge in [-0.3, -0.25) is 0 Å². The van der Waals surface area contributed by atoms with E-state index in [1.807, 2.05) is 47.4 Å². The van der Waals surface area contributed by atoms with E-state index >= 15 is 0 Å². The molecule has 1 N–H and O–H groups in total. The molecule has 0 aromatic heterocycles. The molecule has 0 spiro atoms. The van der Waals surface area contributed by atoms with E-state index in [4.69, 9.17) is 4.74 Å². The Labute approximate surface area is 166 Å². The lowest BCUT2D eigenvalue weighted by Crippen LogP contribution is -2.35. The van der Waals surface area contributed by atoms with E-state index in [9.17, 15) is 9.90 Å². The van der Waals surface area contributed by atoms with Crippen LogP contribution in [0.25, 0.3) is 0 Å². The van der Waals surface area contributed by atoms with Crippen LogP contribution in [-0.4, -0.2) is 35.8 Å². The van der Waals surface area contributed by atoms with Crippen molar-refractivity contribution in [2.75, 3.05) is 24.5 Å². The third-order valence-electron chi connectivity index (χ3n) is 5.29. The van der Waals surface area contributed by atoms with Gasteiger partial charge in [-0.15, -0.1) is 0 Å². The molecule has 1 aliphatic heterocycles. The Kier molecular flexibility index (Phi) is 6.71. The molecule has 0 fully saturated rings. The molecule has 0 bridgehead atoms. The standard InChI is InChI=1S/C23H28N2O3/c1-3-24(4-2)17-16-21(18-10-6-5-7-11-18)25-20-13-9-8-12-19(20)14-15-22(25)28-23(26)27/h5-13,15,21H,3-4,14,16-17H2,1-2H3,(H,26,27). The third kappa shape index (κ3) is 4.54. The number of allylic oxidation sites excluding steroid dienone is 1. The first-order valence-corrected chi connectivity index (χ1v) is 9.89. The Morgan fingerprint density at radius 3 is 2.46 bits per heavy atom. The van der Waals surface area contributed by atoms with Gasteiger partial charge < -0.3 is 19.6 Å². The molecule has 5 heteroatoms. The molecular weight excluding hydrogens is 352 g/mol. The second-order valence-electron chi connectivity index (χ2n) is 6.86. The molecule has 2 aromatic carbocycles. The number of benzene rings is 2. The van der Waals surface area contributed by atoms with Crippen LogP contribution in [0.15, 0.2) is 66.6 Å². The van der Waals surface area contributed by atoms with Crippen LogP contribution in [-0.2, 0) is 11.2 Å². The van der Waals surface area contributed by atoms with Crippen LogP contribution in [0, 0.1) is 0 Å². The molecule has 148 valence electrons. The average molecular weight is 380 g/mol. The Balaban J connectivity index is 2.02. The minimum atomic E-state index is -1.29. The summed E-state index contributed by atoms with van der Waals surface area (Å²) in [5, 5.41) is 9.28. The van der Waals surface area contributed by atoms with E-state index in [2.05, 4.69) is 36.9 Å². The summed E-state index contributed by atoms with van der Waals surface area (Å²) in [6, 6.07) is 18.4. The van der Waals surface area contributed by atoms with E-state index in [1.165, 1.54) is 5.56 Å². The van der Waals surface area contributed by atoms with Crippen LogP contribution >= 0.6 is 0 Å². The smallest absolute Gasteiger partial charge is 0.449 e. The molecule has 0 amide bonds. The van der Waals surface area contributed by atoms with Crippen molar-refractivity contribution in [2.45, 2.75) is 32.7 Å². The number of fused-ring (bicyclic) bond motifs is 1. The topological polar surface area (TPSA) is 53.0 Å². The number of carbonyl (C=O) groups is 1. The maximum absolute atomic E-state index is 11.3. The lowest BCUT2D eigenvalue weighted by molar-refractivity contribution is 0.114. The Morgan fingerprint density at radius 1 is 1.11 bits per heavy atom. The molecular formula is C23H28N2O3. The Hall–Kier alpha value is -2.79. The van der Waals surface area contributed by atoms with E-state index in [-0.39, 0.29) is 6.04 Å². The summed E-state index contributed by atoms with van der Waals surface area (Å²) in [6.07, 6.45) is 2.10. The highest BCUT2D eigenvalue weighted by molar-refractivity contribution is 5.66. The molecule has 1 aliphatic rings. The minimum absolute atomic E-state index is 0.0196. The van der Waals surface area contributed by atoms with E-state index in [0.717, 1.165) is 37.3 Å². The van der Waals surface area contributed by atoms with Crippen molar-refractivity contribution in [1.29, 1.82) is 0 Å². The molecule has 1 heterocycles. The molecule has 0 saturated heterocycles. The van der Waals surface area contributed by atoms with Crippen LogP contribution in [0.4, 0.5) is 10.5 Å². The summed E-state index contributed by atoms with van der Waals surface area (Å²) in [6.45, 7) is 7.23. The zero-order valence-electron chi connectivity index (χ0n) is 16.5. The van der Waals surface area contributed by atoms with Crippen LogP contribution in [0.5, 0.6) is 0 Å². The van der Waals surface area contributed by atoms with Gasteiger partial charge in [-0.1, -0.05) is 62.4 Å². The SMILES string of the molecule is CCN(CC)CCC(c1ccccc1)N1C(OC(=O)O)=CCc2ccccc21. The largest absolute Gasteiger partial charge is 0.512 e. The quantitative estimate of drug-likeness (QED) is 0.649. The minimum Gasteiger partial charge on any atom is -0.449 e. The highest BCUT2D eigenvalue weighted by Crippen LogP contribution is 2.39. The molecule has 0 radical (unpaired) electrons. The number of hydrogen-bond donors (Lipinski definition) is 1. The second-order valence-corrected chi connectivity index (χ2v) is 6.86. The maximum atomic E-state index is 11.3. The number of nitrogens with zero attached hydrogens (tertiary/aromatic N) is 2. The summed E-state index contributed by atoms with van der Waals surface area (Å²) >= 11 is 0. The monoisotopic (exact) mass is 380 g/mol. The Bertz CT molecular complexity index is 816. The summed E-state index contributed by atoms with van der Waals surface area (Å²) in [7, 11) is 0. The summed E-state index contributed by atoms with van der Waals surface area (Å²) in [4.78, 5) is 15.8. The van der Waals surface area contributed by atoms with Gasteiger partial charge in [0.2, 0.25) is 5.88 Å². The molecule has 28 heavy (non-hydrogen) atoms. The van der Waals surface area contributed by atoms with Crippen LogP contribution in [0.3, 0.4) is 0 Å². The van der Waals surface area contributed by atoms with Crippen LogP contribution in [0.1, 0.15) is 37.4 Å². The van der Waals surface area contributed by atoms with Gasteiger partial charge in [0.15, 0.2) is 0 Å². The lowest BCUT2D eigenvalue weighted by Gasteiger charge is -2.38. The van der Waals surface area contributed by atoms with Gasteiger partial charge in [-0.05, 0) is 49.2 Å². The van der Waals surface area contributed by atoms with Crippen LogP contribution < -0.4 is 4.90 Å². The average Bonchev–Trinajstić information content (AvgIpc) is 2.72. The van der Waals surface area contributed by atoms with Crippen molar-refractivity contribution < 1.29 is 14.6 Å². The first-order valence-electron chi connectivity index (χ1n) is 9.89. The van der Waals surface area contributed by atoms with E-state index < -0.39 is 6.16 Å². The number of hydrogen-bond acceptors (Lipinski definition) is 4. The summed E-state index contributed by atoms with van der Waals surface area (Å²) < 4.78 is 5.21.